The fraction of sp³-hybridized carbons (Fsp3) is 0.333. The molecule has 0 unspecified atom stereocenters. The number of hydrogen-bond acceptors (Lipinski definition) is 2. The average molecular weight is 376 g/mol. The molecule has 1 N–H and O–H groups in total. The van der Waals surface area contributed by atoms with Crippen LogP contribution in [0.2, 0.25) is 0 Å². The molecule has 1 aliphatic rings. The summed E-state index contributed by atoms with van der Waals surface area (Å²) >= 11 is 3.20. The van der Waals surface area contributed by atoms with Crippen LogP contribution in [0.15, 0.2) is 51.9 Å². The van der Waals surface area contributed by atoms with Gasteiger partial charge in [-0.15, -0.1) is 0 Å². The Hall–Kier alpha value is -1.88. The Labute approximate surface area is 142 Å². The normalized spacial score (nSPS) is 21.1. The van der Waals surface area contributed by atoms with Crippen molar-refractivity contribution in [3.8, 4) is 0 Å². The maximum Gasteiger partial charge on any atom is 0.337 e. The van der Waals surface area contributed by atoms with Gasteiger partial charge in [0.25, 0.3) is 5.56 Å². The topological polar surface area (TPSA) is 59.3 Å². The number of halogens is 1. The van der Waals surface area contributed by atoms with E-state index in [1.807, 2.05) is 18.2 Å². The molecule has 0 spiro atoms. The second-order valence-corrected chi connectivity index (χ2v) is 6.88. The van der Waals surface area contributed by atoms with Crippen molar-refractivity contribution in [1.82, 2.24) is 4.57 Å². The molecule has 0 saturated heterocycles. The van der Waals surface area contributed by atoms with Crippen LogP contribution in [-0.4, -0.2) is 15.6 Å². The fourth-order valence-corrected chi connectivity index (χ4v) is 3.85. The molecule has 1 saturated carbocycles. The van der Waals surface area contributed by atoms with E-state index in [2.05, 4.69) is 28.1 Å². The van der Waals surface area contributed by atoms with Gasteiger partial charge in [-0.1, -0.05) is 36.8 Å². The van der Waals surface area contributed by atoms with Gasteiger partial charge in [0, 0.05) is 12.2 Å². The third-order valence-corrected chi connectivity index (χ3v) is 5.13. The highest BCUT2D eigenvalue weighted by molar-refractivity contribution is 9.10. The standard InChI is InChI=1S/C18H18BrNO3/c19-16-10-14(18(22)23)11-20(17(16)21)15-8-4-7-13(9-15)12-5-2-1-3-6-12/h1-3,5-6,10-11,13,15H,4,7-9H2,(H,22,23)/t13-,15+/m0/s1. The molecule has 3 rings (SSSR count). The van der Waals surface area contributed by atoms with E-state index in [0.29, 0.717) is 10.4 Å². The van der Waals surface area contributed by atoms with Gasteiger partial charge in [0.15, 0.2) is 0 Å². The SMILES string of the molecule is O=C(O)c1cc(Br)c(=O)n([C@@H]2CCC[C@H](c3ccccc3)C2)c1. The number of carbonyl (C=O) groups is 1. The smallest absolute Gasteiger partial charge is 0.337 e. The van der Waals surface area contributed by atoms with Gasteiger partial charge in [-0.2, -0.15) is 0 Å². The van der Waals surface area contributed by atoms with Crippen LogP contribution in [0.4, 0.5) is 0 Å². The van der Waals surface area contributed by atoms with Crippen LogP contribution in [0.5, 0.6) is 0 Å². The molecule has 1 aromatic heterocycles. The number of hydrogen-bond donors (Lipinski definition) is 1. The average Bonchev–Trinajstić information content (AvgIpc) is 2.58. The lowest BCUT2D eigenvalue weighted by atomic mass is 9.81. The second kappa shape index (κ2) is 6.71. The number of aromatic carboxylic acids is 1. The van der Waals surface area contributed by atoms with Crippen molar-refractivity contribution in [3.05, 3.63) is 68.5 Å². The number of rotatable bonds is 3. The first kappa shape index (κ1) is 16.0. The van der Waals surface area contributed by atoms with Crippen LogP contribution >= 0.6 is 15.9 Å². The molecule has 0 radical (unpaired) electrons. The summed E-state index contributed by atoms with van der Waals surface area (Å²) in [4.78, 5) is 23.7. The Morgan fingerprint density at radius 2 is 1.96 bits per heavy atom. The van der Waals surface area contributed by atoms with Crippen molar-refractivity contribution in [2.75, 3.05) is 0 Å². The molecule has 4 nitrogen and oxygen atoms in total. The maximum absolute atomic E-state index is 12.4. The summed E-state index contributed by atoms with van der Waals surface area (Å²) in [6, 6.07) is 11.7. The van der Waals surface area contributed by atoms with Crippen molar-refractivity contribution < 1.29 is 9.90 Å². The molecular formula is C18H18BrNO3. The zero-order valence-electron chi connectivity index (χ0n) is 12.6. The minimum atomic E-state index is -1.02. The Kier molecular flexibility index (Phi) is 4.66. The van der Waals surface area contributed by atoms with Crippen molar-refractivity contribution in [1.29, 1.82) is 0 Å². The van der Waals surface area contributed by atoms with Crippen LogP contribution in [0, 0.1) is 0 Å². The summed E-state index contributed by atoms with van der Waals surface area (Å²) in [5.41, 5.74) is 1.27. The Morgan fingerprint density at radius 1 is 1.22 bits per heavy atom. The Bertz CT molecular complexity index is 770. The summed E-state index contributed by atoms with van der Waals surface area (Å²) in [6.45, 7) is 0. The Morgan fingerprint density at radius 3 is 2.65 bits per heavy atom. The van der Waals surface area contributed by atoms with E-state index >= 15 is 0 Å². The third kappa shape index (κ3) is 3.39. The van der Waals surface area contributed by atoms with Crippen LogP contribution in [0.3, 0.4) is 0 Å². The lowest BCUT2D eigenvalue weighted by Gasteiger charge is -2.31. The van der Waals surface area contributed by atoms with E-state index in [1.54, 1.807) is 4.57 Å². The summed E-state index contributed by atoms with van der Waals surface area (Å²) in [5, 5.41) is 9.22. The van der Waals surface area contributed by atoms with Crippen molar-refractivity contribution in [2.45, 2.75) is 37.6 Å². The second-order valence-electron chi connectivity index (χ2n) is 6.02. The van der Waals surface area contributed by atoms with E-state index in [-0.39, 0.29) is 17.2 Å². The zero-order chi connectivity index (χ0) is 16.4. The minimum absolute atomic E-state index is 0.0389. The predicted octanol–water partition coefficient (Wildman–Crippen LogP) is 4.21. The van der Waals surface area contributed by atoms with Crippen molar-refractivity contribution >= 4 is 21.9 Å². The van der Waals surface area contributed by atoms with Gasteiger partial charge in [-0.05, 0) is 52.7 Å². The number of aromatic nitrogens is 1. The molecule has 1 fully saturated rings. The summed E-state index contributed by atoms with van der Waals surface area (Å²) in [5.74, 6) is -0.607. The maximum atomic E-state index is 12.4. The monoisotopic (exact) mass is 375 g/mol. The van der Waals surface area contributed by atoms with E-state index in [0.717, 1.165) is 25.7 Å². The number of pyridine rings is 1. The highest BCUT2D eigenvalue weighted by atomic mass is 79.9. The summed E-state index contributed by atoms with van der Waals surface area (Å²) in [7, 11) is 0. The fourth-order valence-electron chi connectivity index (χ4n) is 3.40. The molecular weight excluding hydrogens is 358 g/mol. The number of carboxylic acids is 1. The van der Waals surface area contributed by atoms with Crippen molar-refractivity contribution in [3.63, 3.8) is 0 Å². The van der Waals surface area contributed by atoms with Crippen LogP contribution in [-0.2, 0) is 0 Å². The van der Waals surface area contributed by atoms with Crippen molar-refractivity contribution in [2.24, 2.45) is 0 Å². The first-order valence-electron chi connectivity index (χ1n) is 7.76. The van der Waals surface area contributed by atoms with Gasteiger partial charge in [0.05, 0.1) is 10.0 Å². The molecule has 1 aliphatic carbocycles. The number of nitrogens with zero attached hydrogens (tertiary/aromatic N) is 1. The molecule has 2 atom stereocenters. The van der Waals surface area contributed by atoms with Gasteiger partial charge >= 0.3 is 5.97 Å². The van der Waals surface area contributed by atoms with Crippen LogP contribution in [0.1, 0.15) is 53.6 Å². The minimum Gasteiger partial charge on any atom is -0.478 e. The van der Waals surface area contributed by atoms with Gasteiger partial charge < -0.3 is 9.67 Å². The molecule has 0 aliphatic heterocycles. The third-order valence-electron chi connectivity index (χ3n) is 4.56. The molecule has 5 heteroatoms. The first-order valence-corrected chi connectivity index (χ1v) is 8.55. The Balaban J connectivity index is 1.92. The molecule has 0 bridgehead atoms. The van der Waals surface area contributed by atoms with Gasteiger partial charge in [0.2, 0.25) is 0 Å². The highest BCUT2D eigenvalue weighted by Crippen LogP contribution is 2.38. The summed E-state index contributed by atoms with van der Waals surface area (Å²) in [6.07, 6.45) is 5.38. The van der Waals surface area contributed by atoms with E-state index in [1.165, 1.54) is 17.8 Å². The van der Waals surface area contributed by atoms with Gasteiger partial charge in [-0.25, -0.2) is 4.79 Å². The molecule has 2 aromatic rings. The zero-order valence-corrected chi connectivity index (χ0v) is 14.2. The molecule has 120 valence electrons. The molecule has 1 heterocycles. The van der Waals surface area contributed by atoms with Gasteiger partial charge in [-0.3, -0.25) is 4.79 Å². The van der Waals surface area contributed by atoms with Crippen LogP contribution in [0.25, 0.3) is 0 Å². The van der Waals surface area contributed by atoms with E-state index in [9.17, 15) is 14.7 Å². The molecule has 0 amide bonds. The molecule has 1 aromatic carbocycles. The van der Waals surface area contributed by atoms with Gasteiger partial charge in [0.1, 0.15) is 0 Å². The van der Waals surface area contributed by atoms with Crippen LogP contribution < -0.4 is 5.56 Å². The largest absolute Gasteiger partial charge is 0.478 e. The molecule has 23 heavy (non-hydrogen) atoms. The number of carboxylic acid groups (broad SMARTS) is 1. The highest BCUT2D eigenvalue weighted by Gasteiger charge is 2.26. The quantitative estimate of drug-likeness (QED) is 0.873. The summed E-state index contributed by atoms with van der Waals surface area (Å²) < 4.78 is 1.90. The lowest BCUT2D eigenvalue weighted by molar-refractivity contribution is 0.0695. The predicted molar refractivity (Wildman–Crippen MR) is 92.0 cm³/mol. The van der Waals surface area contributed by atoms with E-state index < -0.39 is 5.97 Å². The van der Waals surface area contributed by atoms with E-state index in [4.69, 9.17) is 0 Å². The first-order chi connectivity index (χ1) is 11.1. The number of benzene rings is 1. The lowest BCUT2D eigenvalue weighted by Crippen LogP contribution is -2.29.